The zero-order valence-corrected chi connectivity index (χ0v) is 15.5. The number of terminal acetylenes is 1. The summed E-state index contributed by atoms with van der Waals surface area (Å²) in [4.78, 5) is 12.1. The number of fused-ring (bicyclic) bond motifs is 5. The Kier molecular flexibility index (Phi) is 3.94. The summed E-state index contributed by atoms with van der Waals surface area (Å²) >= 11 is 0. The van der Waals surface area contributed by atoms with Gasteiger partial charge in [-0.1, -0.05) is 18.9 Å². The summed E-state index contributed by atoms with van der Waals surface area (Å²) in [6, 6.07) is 0. The Morgan fingerprint density at radius 2 is 2.08 bits per heavy atom. The van der Waals surface area contributed by atoms with E-state index in [4.69, 9.17) is 11.2 Å². The van der Waals surface area contributed by atoms with E-state index in [0.717, 1.165) is 38.5 Å². The summed E-state index contributed by atoms with van der Waals surface area (Å²) < 4.78 is 6.01. The lowest BCUT2D eigenvalue weighted by Crippen LogP contribution is -2.59. The number of hydrogen-bond donors (Lipinski definition) is 1. The maximum Gasteiger partial charge on any atom is 0.149 e. The molecule has 4 unspecified atom stereocenters. The predicted octanol–water partition coefficient (Wildman–Crippen LogP) is 3.51. The molecule has 0 bridgehead atoms. The number of methoxy groups -OCH3 is 1. The molecule has 4 rings (SSSR count). The Morgan fingerprint density at radius 1 is 1.32 bits per heavy atom. The van der Waals surface area contributed by atoms with Crippen molar-refractivity contribution < 1.29 is 14.6 Å². The van der Waals surface area contributed by atoms with Crippen LogP contribution >= 0.6 is 0 Å². The largest absolute Gasteiger partial charge is 0.377 e. The van der Waals surface area contributed by atoms with Gasteiger partial charge in [-0.25, -0.2) is 0 Å². The van der Waals surface area contributed by atoms with Gasteiger partial charge in [0, 0.05) is 25.4 Å². The molecular weight excluding hydrogens is 312 g/mol. The Hall–Kier alpha value is -1.11. The molecule has 0 aromatic rings. The number of allylic oxidation sites excluding steroid dienone is 1. The molecule has 0 amide bonds. The number of rotatable bonds is 2. The van der Waals surface area contributed by atoms with Gasteiger partial charge in [-0.05, 0) is 68.3 Å². The molecule has 0 heterocycles. The van der Waals surface area contributed by atoms with Gasteiger partial charge in [0.05, 0.1) is 5.60 Å². The number of carbonyl (C=O) groups excluding carboxylic acids is 1. The van der Waals surface area contributed by atoms with Gasteiger partial charge in [0.2, 0.25) is 0 Å². The van der Waals surface area contributed by atoms with E-state index in [1.807, 2.05) is 6.08 Å². The molecule has 3 nitrogen and oxygen atoms in total. The molecule has 25 heavy (non-hydrogen) atoms. The van der Waals surface area contributed by atoms with Crippen LogP contribution in [0, 0.1) is 41.4 Å². The van der Waals surface area contributed by atoms with Gasteiger partial charge in [0.25, 0.3) is 0 Å². The van der Waals surface area contributed by atoms with E-state index in [0.29, 0.717) is 42.3 Å². The van der Waals surface area contributed by atoms with Crippen molar-refractivity contribution in [3.05, 3.63) is 12.2 Å². The smallest absolute Gasteiger partial charge is 0.149 e. The van der Waals surface area contributed by atoms with Crippen LogP contribution in [0.1, 0.15) is 58.3 Å². The molecule has 1 N–H and O–H groups in total. The molecule has 136 valence electrons. The summed E-state index contributed by atoms with van der Waals surface area (Å²) in [5.41, 5.74) is -1.55. The van der Waals surface area contributed by atoms with E-state index >= 15 is 0 Å². The first-order chi connectivity index (χ1) is 12.0. The van der Waals surface area contributed by atoms with Gasteiger partial charge in [-0.15, -0.1) is 6.42 Å². The minimum absolute atomic E-state index is 0.208. The average molecular weight is 342 g/mol. The van der Waals surface area contributed by atoms with Crippen molar-refractivity contribution >= 4 is 5.78 Å². The molecule has 0 aromatic carbocycles. The normalized spacial score (nSPS) is 51.4. The molecule has 4 aliphatic carbocycles. The monoisotopic (exact) mass is 342 g/mol. The molecule has 3 heteroatoms. The van der Waals surface area contributed by atoms with Crippen LogP contribution in [0.15, 0.2) is 12.2 Å². The third-order valence-electron chi connectivity index (χ3n) is 8.46. The highest BCUT2D eigenvalue weighted by Gasteiger charge is 2.63. The van der Waals surface area contributed by atoms with E-state index in [1.165, 1.54) is 0 Å². The topological polar surface area (TPSA) is 46.5 Å². The summed E-state index contributed by atoms with van der Waals surface area (Å²) in [5, 5.41) is 11.1. The Bertz CT molecular complexity index is 646. The van der Waals surface area contributed by atoms with Crippen LogP contribution in [0.2, 0.25) is 0 Å². The van der Waals surface area contributed by atoms with Crippen LogP contribution in [-0.4, -0.2) is 29.2 Å². The third kappa shape index (κ3) is 2.10. The molecular formula is C22H30O3. The third-order valence-corrected chi connectivity index (χ3v) is 8.46. The lowest BCUT2D eigenvalue weighted by molar-refractivity contribution is -0.179. The summed E-state index contributed by atoms with van der Waals surface area (Å²) in [6.07, 6.45) is 17.1. The minimum atomic E-state index is -1.10. The Morgan fingerprint density at radius 3 is 2.76 bits per heavy atom. The number of ketones is 1. The van der Waals surface area contributed by atoms with E-state index < -0.39 is 5.60 Å². The molecule has 4 aliphatic rings. The quantitative estimate of drug-likeness (QED) is 0.617. The Labute approximate surface area is 151 Å². The van der Waals surface area contributed by atoms with E-state index in [2.05, 4.69) is 18.9 Å². The van der Waals surface area contributed by atoms with Crippen LogP contribution in [0.3, 0.4) is 0 Å². The van der Waals surface area contributed by atoms with Gasteiger partial charge in [-0.3, -0.25) is 4.79 Å². The molecule has 3 fully saturated rings. The van der Waals surface area contributed by atoms with Crippen LogP contribution in [0.25, 0.3) is 0 Å². The minimum Gasteiger partial charge on any atom is -0.377 e. The lowest BCUT2D eigenvalue weighted by atomic mass is 9.47. The van der Waals surface area contributed by atoms with Crippen molar-refractivity contribution in [1.29, 1.82) is 0 Å². The first-order valence-electron chi connectivity index (χ1n) is 9.91. The van der Waals surface area contributed by atoms with Gasteiger partial charge in [-0.2, -0.15) is 0 Å². The lowest BCUT2D eigenvalue weighted by Gasteiger charge is -2.59. The summed E-state index contributed by atoms with van der Waals surface area (Å²) in [6.45, 7) is 2.17. The molecule has 3 saturated carbocycles. The Balaban J connectivity index is 1.68. The van der Waals surface area contributed by atoms with Crippen molar-refractivity contribution in [3.8, 4) is 12.3 Å². The molecule has 0 aliphatic heterocycles. The van der Waals surface area contributed by atoms with Crippen molar-refractivity contribution in [3.63, 3.8) is 0 Å². The highest BCUT2D eigenvalue weighted by molar-refractivity contribution is 5.80. The van der Waals surface area contributed by atoms with Crippen LogP contribution in [-0.2, 0) is 9.53 Å². The molecule has 0 spiro atoms. The van der Waals surface area contributed by atoms with Gasteiger partial charge in [0.15, 0.2) is 0 Å². The van der Waals surface area contributed by atoms with Gasteiger partial charge >= 0.3 is 0 Å². The first-order valence-corrected chi connectivity index (χ1v) is 9.91. The number of Topliss-reactive ketones (excluding diaryl/α,β-unsaturated/α-hetero) is 1. The van der Waals surface area contributed by atoms with E-state index in [1.54, 1.807) is 7.11 Å². The summed E-state index contributed by atoms with van der Waals surface area (Å²) in [7, 11) is 1.79. The highest BCUT2D eigenvalue weighted by atomic mass is 16.5. The van der Waals surface area contributed by atoms with Crippen LogP contribution < -0.4 is 0 Å². The fraction of sp³-hybridized carbons (Fsp3) is 0.773. The maximum atomic E-state index is 12.1. The first kappa shape index (κ1) is 17.3. The number of hydrogen-bond acceptors (Lipinski definition) is 3. The highest BCUT2D eigenvalue weighted by Crippen LogP contribution is 2.65. The average Bonchev–Trinajstić information content (AvgIpc) is 2.95. The number of ether oxygens (including phenoxy) is 1. The van der Waals surface area contributed by atoms with Crippen molar-refractivity contribution in [1.82, 2.24) is 0 Å². The number of carbonyl (C=O) groups is 1. The summed E-state index contributed by atoms with van der Waals surface area (Å²) in [5.74, 6) is 5.02. The van der Waals surface area contributed by atoms with Crippen molar-refractivity contribution in [2.45, 2.75) is 69.5 Å². The fourth-order valence-corrected chi connectivity index (χ4v) is 7.18. The van der Waals surface area contributed by atoms with Crippen molar-refractivity contribution in [2.24, 2.45) is 29.1 Å². The van der Waals surface area contributed by atoms with Gasteiger partial charge < -0.3 is 9.84 Å². The van der Waals surface area contributed by atoms with Crippen molar-refractivity contribution in [2.75, 3.05) is 7.11 Å². The van der Waals surface area contributed by atoms with E-state index in [9.17, 15) is 9.90 Å². The zero-order chi connectivity index (χ0) is 17.9. The van der Waals surface area contributed by atoms with Crippen LogP contribution in [0.5, 0.6) is 0 Å². The van der Waals surface area contributed by atoms with E-state index in [-0.39, 0.29) is 11.0 Å². The SMILES string of the molecule is C#C[C@]1(O)C=CC2C3CC[C@@]4(OC)CC(=O)CCC4C3CC[C@@]21CC. The predicted molar refractivity (Wildman–Crippen MR) is 96.7 cm³/mol. The molecule has 0 aromatic heterocycles. The van der Waals surface area contributed by atoms with Gasteiger partial charge in [0.1, 0.15) is 11.4 Å². The fourth-order valence-electron chi connectivity index (χ4n) is 7.18. The standard InChI is InChI=1S/C22H30O3/c1-4-20-11-8-17-16(18(20)10-13-22(20,24)5-2)9-12-21(25-3)14-15(23)6-7-19(17)21/h2,10,13,16-19,24H,4,6-9,11-12,14H2,1,3H3/t16?,17?,18?,19?,20-,21+,22-/m0/s1. The van der Waals surface area contributed by atoms with Crippen LogP contribution in [0.4, 0.5) is 0 Å². The number of aliphatic hydroxyl groups is 1. The second-order valence-electron chi connectivity index (χ2n) is 8.84. The maximum absolute atomic E-state index is 12.1. The second kappa shape index (κ2) is 5.69. The molecule has 7 atom stereocenters. The second-order valence-corrected chi connectivity index (χ2v) is 8.84. The zero-order valence-electron chi connectivity index (χ0n) is 15.5. The molecule has 0 saturated heterocycles. The molecule has 0 radical (unpaired) electrons.